The van der Waals surface area contributed by atoms with Crippen molar-refractivity contribution in [2.45, 2.75) is 46.6 Å². The Morgan fingerprint density at radius 3 is 2.62 bits per heavy atom. The average Bonchev–Trinajstić information content (AvgIpc) is 2.24. The van der Waals surface area contributed by atoms with E-state index in [1.807, 2.05) is 18.5 Å². The summed E-state index contributed by atoms with van der Waals surface area (Å²) in [4.78, 5) is 4.17. The molecule has 0 aliphatic heterocycles. The molecule has 0 radical (unpaired) electrons. The second-order valence-corrected chi connectivity index (χ2v) is 5.44. The first-order valence-electron chi connectivity index (χ1n) is 6.16. The lowest BCUT2D eigenvalue weighted by Crippen LogP contribution is -2.42. The quantitative estimate of drug-likeness (QED) is 0.825. The highest BCUT2D eigenvalue weighted by atomic mass is 14.9. The second kappa shape index (κ2) is 6.00. The van der Waals surface area contributed by atoms with Crippen molar-refractivity contribution >= 4 is 0 Å². The van der Waals surface area contributed by atoms with E-state index < -0.39 is 0 Å². The van der Waals surface area contributed by atoms with Crippen LogP contribution in [0.3, 0.4) is 0 Å². The summed E-state index contributed by atoms with van der Waals surface area (Å²) in [6.07, 6.45) is 6.03. The van der Waals surface area contributed by atoms with Crippen LogP contribution >= 0.6 is 0 Å². The Morgan fingerprint density at radius 2 is 2.12 bits per heavy atom. The standard InChI is InChI=1S/C14H24N2/c1-5-8-16-13(14(2,3)4)10-12-7-6-9-15-11-12/h6-7,9,11,13,16H,5,8,10H2,1-4H3. The smallest absolute Gasteiger partial charge is 0.0300 e. The van der Waals surface area contributed by atoms with Gasteiger partial charge in [0.15, 0.2) is 0 Å². The van der Waals surface area contributed by atoms with E-state index in [2.05, 4.69) is 44.1 Å². The van der Waals surface area contributed by atoms with Gasteiger partial charge in [0.25, 0.3) is 0 Å². The second-order valence-electron chi connectivity index (χ2n) is 5.44. The van der Waals surface area contributed by atoms with Gasteiger partial charge < -0.3 is 5.32 Å². The molecule has 2 heteroatoms. The molecule has 1 heterocycles. The van der Waals surface area contributed by atoms with Crippen molar-refractivity contribution in [1.29, 1.82) is 0 Å². The Hall–Kier alpha value is -0.890. The number of aromatic nitrogens is 1. The van der Waals surface area contributed by atoms with E-state index in [0.717, 1.165) is 13.0 Å². The van der Waals surface area contributed by atoms with E-state index in [0.29, 0.717) is 6.04 Å². The number of hydrogen-bond donors (Lipinski definition) is 1. The molecule has 2 nitrogen and oxygen atoms in total. The third-order valence-electron chi connectivity index (χ3n) is 2.85. The van der Waals surface area contributed by atoms with Gasteiger partial charge in [0.1, 0.15) is 0 Å². The monoisotopic (exact) mass is 220 g/mol. The molecule has 0 fully saturated rings. The minimum absolute atomic E-state index is 0.283. The molecule has 0 spiro atoms. The van der Waals surface area contributed by atoms with Crippen LogP contribution in [0.25, 0.3) is 0 Å². The van der Waals surface area contributed by atoms with E-state index in [9.17, 15) is 0 Å². The molecule has 1 unspecified atom stereocenters. The zero-order valence-corrected chi connectivity index (χ0v) is 11.0. The predicted molar refractivity (Wildman–Crippen MR) is 69.5 cm³/mol. The van der Waals surface area contributed by atoms with Crippen LogP contribution in [0.2, 0.25) is 0 Å². The first-order chi connectivity index (χ1) is 7.54. The summed E-state index contributed by atoms with van der Waals surface area (Å²) in [6, 6.07) is 4.67. The third-order valence-corrected chi connectivity index (χ3v) is 2.85. The molecule has 0 bridgehead atoms. The normalized spacial score (nSPS) is 13.8. The van der Waals surface area contributed by atoms with Gasteiger partial charge >= 0.3 is 0 Å². The molecule has 0 amide bonds. The van der Waals surface area contributed by atoms with Crippen molar-refractivity contribution in [2.75, 3.05) is 6.54 Å². The highest BCUT2D eigenvalue weighted by Gasteiger charge is 2.23. The van der Waals surface area contributed by atoms with Crippen LogP contribution in [0, 0.1) is 5.41 Å². The van der Waals surface area contributed by atoms with Crippen molar-refractivity contribution in [1.82, 2.24) is 10.3 Å². The van der Waals surface area contributed by atoms with Crippen molar-refractivity contribution < 1.29 is 0 Å². The Labute approximate surface area is 99.5 Å². The summed E-state index contributed by atoms with van der Waals surface area (Å²) >= 11 is 0. The van der Waals surface area contributed by atoms with Crippen LogP contribution in [0.1, 0.15) is 39.7 Å². The fourth-order valence-corrected chi connectivity index (χ4v) is 1.76. The van der Waals surface area contributed by atoms with E-state index in [-0.39, 0.29) is 5.41 Å². The van der Waals surface area contributed by atoms with E-state index >= 15 is 0 Å². The Balaban J connectivity index is 2.64. The maximum atomic E-state index is 4.17. The molecule has 0 saturated carbocycles. The van der Waals surface area contributed by atoms with E-state index in [1.54, 1.807) is 0 Å². The first kappa shape index (κ1) is 13.2. The van der Waals surface area contributed by atoms with Crippen LogP contribution in [0.5, 0.6) is 0 Å². The maximum absolute atomic E-state index is 4.17. The van der Waals surface area contributed by atoms with Gasteiger partial charge in [-0.3, -0.25) is 4.98 Å². The molecule has 0 aliphatic rings. The summed E-state index contributed by atoms with van der Waals surface area (Å²) in [5.41, 5.74) is 1.59. The number of hydrogen-bond acceptors (Lipinski definition) is 2. The summed E-state index contributed by atoms with van der Waals surface area (Å²) in [7, 11) is 0. The molecule has 0 aromatic carbocycles. The molecule has 1 atom stereocenters. The SMILES string of the molecule is CCCNC(Cc1cccnc1)C(C)(C)C. The van der Waals surface area contributed by atoms with Gasteiger partial charge in [-0.25, -0.2) is 0 Å². The molecule has 1 N–H and O–H groups in total. The summed E-state index contributed by atoms with van der Waals surface area (Å²) < 4.78 is 0. The minimum Gasteiger partial charge on any atom is -0.313 e. The van der Waals surface area contributed by atoms with Crippen molar-refractivity contribution in [3.05, 3.63) is 30.1 Å². The lowest BCUT2D eigenvalue weighted by Gasteiger charge is -2.31. The van der Waals surface area contributed by atoms with Gasteiger partial charge in [0, 0.05) is 18.4 Å². The first-order valence-corrected chi connectivity index (χ1v) is 6.16. The van der Waals surface area contributed by atoms with Gasteiger partial charge in [-0.05, 0) is 36.4 Å². The third kappa shape index (κ3) is 4.31. The highest BCUT2D eigenvalue weighted by Crippen LogP contribution is 2.22. The van der Waals surface area contributed by atoms with Crippen molar-refractivity contribution in [3.63, 3.8) is 0 Å². The van der Waals surface area contributed by atoms with Crippen molar-refractivity contribution in [3.8, 4) is 0 Å². The Kier molecular flexibility index (Phi) is 4.94. The zero-order chi connectivity index (χ0) is 12.0. The Morgan fingerprint density at radius 1 is 1.38 bits per heavy atom. The largest absolute Gasteiger partial charge is 0.313 e. The molecule has 0 aliphatic carbocycles. The molecule has 90 valence electrons. The molecular formula is C14H24N2. The van der Waals surface area contributed by atoms with E-state index in [4.69, 9.17) is 0 Å². The molecule has 1 aromatic heterocycles. The van der Waals surface area contributed by atoms with E-state index in [1.165, 1.54) is 12.0 Å². The van der Waals surface area contributed by atoms with Gasteiger partial charge in [-0.2, -0.15) is 0 Å². The van der Waals surface area contributed by atoms with Gasteiger partial charge in [0.2, 0.25) is 0 Å². The van der Waals surface area contributed by atoms with Gasteiger partial charge in [-0.1, -0.05) is 33.8 Å². The number of pyridine rings is 1. The van der Waals surface area contributed by atoms with Gasteiger partial charge in [0.05, 0.1) is 0 Å². The van der Waals surface area contributed by atoms with Crippen LogP contribution < -0.4 is 5.32 Å². The summed E-state index contributed by atoms with van der Waals surface area (Å²) in [6.45, 7) is 10.2. The van der Waals surface area contributed by atoms with Gasteiger partial charge in [-0.15, -0.1) is 0 Å². The molecule has 16 heavy (non-hydrogen) atoms. The van der Waals surface area contributed by atoms with Crippen LogP contribution in [-0.2, 0) is 6.42 Å². The van der Waals surface area contributed by atoms with Crippen LogP contribution in [0.4, 0.5) is 0 Å². The lowest BCUT2D eigenvalue weighted by atomic mass is 9.83. The lowest BCUT2D eigenvalue weighted by molar-refractivity contribution is 0.266. The molecule has 0 saturated heterocycles. The zero-order valence-electron chi connectivity index (χ0n) is 11.0. The van der Waals surface area contributed by atoms with Crippen molar-refractivity contribution in [2.24, 2.45) is 5.41 Å². The summed E-state index contributed by atoms with van der Waals surface area (Å²) in [5, 5.41) is 3.63. The fourth-order valence-electron chi connectivity index (χ4n) is 1.76. The summed E-state index contributed by atoms with van der Waals surface area (Å²) in [5.74, 6) is 0. The molecular weight excluding hydrogens is 196 g/mol. The minimum atomic E-state index is 0.283. The maximum Gasteiger partial charge on any atom is 0.0300 e. The van der Waals surface area contributed by atoms with Crippen LogP contribution in [-0.4, -0.2) is 17.6 Å². The average molecular weight is 220 g/mol. The molecule has 1 aromatic rings. The number of rotatable bonds is 5. The Bertz CT molecular complexity index is 287. The molecule has 1 rings (SSSR count). The topological polar surface area (TPSA) is 24.9 Å². The van der Waals surface area contributed by atoms with Crippen LogP contribution in [0.15, 0.2) is 24.5 Å². The predicted octanol–water partition coefficient (Wildman–Crippen LogP) is 3.04. The fraction of sp³-hybridized carbons (Fsp3) is 0.643. The number of nitrogens with zero attached hydrogens (tertiary/aromatic N) is 1. The number of nitrogens with one attached hydrogen (secondary N) is 1. The highest BCUT2D eigenvalue weighted by molar-refractivity contribution is 5.11.